The van der Waals surface area contributed by atoms with Gasteiger partial charge in [-0.3, -0.25) is 14.9 Å². The minimum atomic E-state index is -0.748. The largest absolute Gasteiger partial charge is 0.454 e. The van der Waals surface area contributed by atoms with Gasteiger partial charge in [-0.2, -0.15) is 0 Å². The van der Waals surface area contributed by atoms with Gasteiger partial charge in [0.15, 0.2) is 6.61 Å². The Hall–Kier alpha value is -3.16. The van der Waals surface area contributed by atoms with Gasteiger partial charge in [0.1, 0.15) is 5.69 Å². The third kappa shape index (κ3) is 4.37. The number of benzene rings is 1. The molecular formula is C22H27N3O5. The Kier molecular flexibility index (Phi) is 6.54. The van der Waals surface area contributed by atoms with Gasteiger partial charge in [-0.25, -0.2) is 4.79 Å². The lowest BCUT2D eigenvalue weighted by Gasteiger charge is -2.17. The fourth-order valence-corrected chi connectivity index (χ4v) is 3.97. The number of aryl methyl sites for hydroxylation is 1. The number of Topliss-reactive ketones (excluding diaryl/α,β-unsaturated/α-hetero) is 1. The average Bonchev–Trinajstić information content (AvgIpc) is 3.35. The minimum absolute atomic E-state index is 0.0638. The summed E-state index contributed by atoms with van der Waals surface area (Å²) < 4.78 is 7.24. The van der Waals surface area contributed by atoms with E-state index in [4.69, 9.17) is 4.74 Å². The van der Waals surface area contributed by atoms with Crippen LogP contribution in [-0.4, -0.2) is 40.9 Å². The molecule has 160 valence electrons. The number of hydrogen-bond donors (Lipinski definition) is 0. The van der Waals surface area contributed by atoms with E-state index >= 15 is 0 Å². The van der Waals surface area contributed by atoms with Crippen molar-refractivity contribution in [2.45, 2.75) is 46.6 Å². The minimum Gasteiger partial charge on any atom is -0.454 e. The molecule has 1 saturated heterocycles. The topological polar surface area (TPSA) is 94.7 Å². The molecule has 8 heteroatoms. The lowest BCUT2D eigenvalue weighted by molar-refractivity contribution is -0.384. The van der Waals surface area contributed by atoms with Gasteiger partial charge in [-0.15, -0.1) is 0 Å². The highest BCUT2D eigenvalue weighted by Crippen LogP contribution is 2.31. The van der Waals surface area contributed by atoms with Crippen molar-refractivity contribution >= 4 is 23.1 Å². The van der Waals surface area contributed by atoms with Crippen LogP contribution in [0.15, 0.2) is 24.3 Å². The number of nitrogens with zero attached hydrogens (tertiary/aromatic N) is 3. The molecular weight excluding hydrogens is 386 g/mol. The van der Waals surface area contributed by atoms with Crippen LogP contribution in [0, 0.1) is 24.0 Å². The molecule has 0 saturated carbocycles. The summed E-state index contributed by atoms with van der Waals surface area (Å²) >= 11 is 0. The maximum absolute atomic E-state index is 12.6. The van der Waals surface area contributed by atoms with E-state index in [-0.39, 0.29) is 17.0 Å². The van der Waals surface area contributed by atoms with Crippen molar-refractivity contribution in [3.63, 3.8) is 0 Å². The third-order valence-electron chi connectivity index (χ3n) is 5.51. The summed E-state index contributed by atoms with van der Waals surface area (Å²) in [6.07, 6.45) is 2.93. The Balaban J connectivity index is 1.72. The van der Waals surface area contributed by atoms with E-state index in [0.29, 0.717) is 11.3 Å². The van der Waals surface area contributed by atoms with Gasteiger partial charge >= 0.3 is 5.97 Å². The zero-order valence-electron chi connectivity index (χ0n) is 17.6. The van der Waals surface area contributed by atoms with Gasteiger partial charge in [0.2, 0.25) is 5.78 Å². The standard InChI is InChI=1S/C22H27N3O5/c1-4-9-24-15(2)12-18(16(24)3)21(26)14-30-22(27)17-7-8-19(20(13-17)25(28)29)23-10-5-6-11-23/h7-8,12-13H,4-6,9-11,14H2,1-3H3. The number of anilines is 1. The molecule has 1 aromatic carbocycles. The quantitative estimate of drug-likeness (QED) is 0.280. The summed E-state index contributed by atoms with van der Waals surface area (Å²) in [5.74, 6) is -1.04. The van der Waals surface area contributed by atoms with Gasteiger partial charge in [-0.05, 0) is 51.3 Å². The summed E-state index contributed by atoms with van der Waals surface area (Å²) in [5.41, 5.74) is 2.81. The molecule has 0 unspecified atom stereocenters. The number of rotatable bonds is 8. The van der Waals surface area contributed by atoms with Crippen molar-refractivity contribution in [1.82, 2.24) is 4.57 Å². The predicted molar refractivity (Wildman–Crippen MR) is 113 cm³/mol. The zero-order chi connectivity index (χ0) is 21.8. The van der Waals surface area contributed by atoms with Crippen LogP contribution in [0.25, 0.3) is 0 Å². The Morgan fingerprint density at radius 3 is 2.50 bits per heavy atom. The molecule has 2 aromatic rings. The van der Waals surface area contributed by atoms with E-state index in [2.05, 4.69) is 11.5 Å². The second kappa shape index (κ2) is 9.11. The Bertz CT molecular complexity index is 973. The molecule has 1 aliphatic rings. The van der Waals surface area contributed by atoms with Crippen LogP contribution >= 0.6 is 0 Å². The van der Waals surface area contributed by atoms with Crippen LogP contribution in [0.2, 0.25) is 0 Å². The van der Waals surface area contributed by atoms with E-state index in [1.807, 2.05) is 18.7 Å². The molecule has 1 aliphatic heterocycles. The van der Waals surface area contributed by atoms with Crippen molar-refractivity contribution in [2.24, 2.45) is 0 Å². The van der Waals surface area contributed by atoms with Gasteiger partial charge < -0.3 is 14.2 Å². The number of ether oxygens (including phenoxy) is 1. The normalized spacial score (nSPS) is 13.5. The summed E-state index contributed by atoms with van der Waals surface area (Å²) in [6.45, 7) is 7.81. The summed E-state index contributed by atoms with van der Waals surface area (Å²) in [6, 6.07) is 6.13. The van der Waals surface area contributed by atoms with E-state index in [1.54, 1.807) is 12.1 Å². The first-order valence-electron chi connectivity index (χ1n) is 10.2. The maximum Gasteiger partial charge on any atom is 0.338 e. The first-order chi connectivity index (χ1) is 14.3. The van der Waals surface area contributed by atoms with Gasteiger partial charge in [-0.1, -0.05) is 6.92 Å². The zero-order valence-corrected chi connectivity index (χ0v) is 17.6. The molecule has 1 fully saturated rings. The van der Waals surface area contributed by atoms with Crippen molar-refractivity contribution in [2.75, 3.05) is 24.6 Å². The Morgan fingerprint density at radius 2 is 1.87 bits per heavy atom. The van der Waals surface area contributed by atoms with Crippen molar-refractivity contribution in [3.8, 4) is 0 Å². The first-order valence-corrected chi connectivity index (χ1v) is 10.2. The number of hydrogen-bond acceptors (Lipinski definition) is 6. The highest BCUT2D eigenvalue weighted by atomic mass is 16.6. The molecule has 3 rings (SSSR count). The number of nitro groups is 1. The lowest BCUT2D eigenvalue weighted by atomic mass is 10.1. The van der Waals surface area contributed by atoms with E-state index in [1.165, 1.54) is 12.1 Å². The van der Waals surface area contributed by atoms with Crippen LogP contribution in [-0.2, 0) is 11.3 Å². The third-order valence-corrected chi connectivity index (χ3v) is 5.51. The second-order valence-electron chi connectivity index (χ2n) is 7.59. The van der Waals surface area contributed by atoms with Crippen LogP contribution in [0.3, 0.4) is 0 Å². The van der Waals surface area contributed by atoms with Gasteiger partial charge in [0.05, 0.1) is 10.5 Å². The molecule has 8 nitrogen and oxygen atoms in total. The number of carbonyl (C=O) groups is 2. The molecule has 2 heterocycles. The number of aromatic nitrogens is 1. The molecule has 0 atom stereocenters. The monoisotopic (exact) mass is 413 g/mol. The van der Waals surface area contributed by atoms with Crippen LogP contribution < -0.4 is 4.90 Å². The average molecular weight is 413 g/mol. The van der Waals surface area contributed by atoms with Crippen molar-refractivity contribution < 1.29 is 19.2 Å². The predicted octanol–water partition coefficient (Wildman–Crippen LogP) is 4.06. The molecule has 1 aromatic heterocycles. The first kappa shape index (κ1) is 21.5. The van der Waals surface area contributed by atoms with E-state index in [0.717, 1.165) is 50.3 Å². The van der Waals surface area contributed by atoms with Gasteiger partial charge in [0, 0.05) is 42.7 Å². The van der Waals surface area contributed by atoms with E-state index in [9.17, 15) is 19.7 Å². The molecule has 30 heavy (non-hydrogen) atoms. The van der Waals surface area contributed by atoms with Crippen LogP contribution in [0.1, 0.15) is 58.3 Å². The second-order valence-corrected chi connectivity index (χ2v) is 7.59. The maximum atomic E-state index is 12.6. The molecule has 0 N–H and O–H groups in total. The van der Waals surface area contributed by atoms with E-state index < -0.39 is 17.5 Å². The molecule has 0 amide bonds. The Morgan fingerprint density at radius 1 is 1.17 bits per heavy atom. The van der Waals surface area contributed by atoms with Crippen LogP contribution in [0.4, 0.5) is 11.4 Å². The highest BCUT2D eigenvalue weighted by Gasteiger charge is 2.25. The fraction of sp³-hybridized carbons (Fsp3) is 0.455. The highest BCUT2D eigenvalue weighted by molar-refractivity contribution is 6.00. The molecule has 0 aliphatic carbocycles. The number of nitro benzene ring substituents is 1. The smallest absolute Gasteiger partial charge is 0.338 e. The van der Waals surface area contributed by atoms with Crippen LogP contribution in [0.5, 0.6) is 0 Å². The lowest BCUT2D eigenvalue weighted by Crippen LogP contribution is -2.19. The number of esters is 1. The summed E-state index contributed by atoms with van der Waals surface area (Å²) in [7, 11) is 0. The summed E-state index contributed by atoms with van der Waals surface area (Å²) in [5, 5.41) is 11.5. The Labute approximate surface area is 175 Å². The van der Waals surface area contributed by atoms with Crippen molar-refractivity contribution in [3.05, 3.63) is 56.9 Å². The molecule has 0 bridgehead atoms. The number of carbonyl (C=O) groups excluding carboxylic acids is 2. The SMILES string of the molecule is CCCn1c(C)cc(C(=O)COC(=O)c2ccc(N3CCCC3)c([N+](=O)[O-])c2)c1C. The number of ketones is 1. The fourth-order valence-electron chi connectivity index (χ4n) is 3.97. The summed E-state index contributed by atoms with van der Waals surface area (Å²) in [4.78, 5) is 38.0. The molecule has 0 radical (unpaired) electrons. The molecule has 0 spiro atoms. The van der Waals surface area contributed by atoms with Crippen molar-refractivity contribution in [1.29, 1.82) is 0 Å². The van der Waals surface area contributed by atoms with Gasteiger partial charge in [0.25, 0.3) is 5.69 Å².